The number of carboxylic acids is 1. The Labute approximate surface area is 126 Å². The van der Waals surface area contributed by atoms with Gasteiger partial charge >= 0.3 is 5.97 Å². The molecule has 20 heavy (non-hydrogen) atoms. The molecule has 0 aromatic carbocycles. The van der Waals surface area contributed by atoms with E-state index in [1.165, 1.54) is 24.0 Å². The summed E-state index contributed by atoms with van der Waals surface area (Å²) in [7, 11) is 1.85. The van der Waals surface area contributed by atoms with Gasteiger partial charge < -0.3 is 5.11 Å². The van der Waals surface area contributed by atoms with Gasteiger partial charge in [0, 0.05) is 19.0 Å². The molecule has 2 heterocycles. The number of hydrogen-bond acceptors (Lipinski definition) is 4. The Hall–Kier alpha value is -1.53. The third kappa shape index (κ3) is 3.13. The number of halogens is 1. The summed E-state index contributed by atoms with van der Waals surface area (Å²) in [6, 6.07) is 3.02. The fourth-order valence-corrected chi connectivity index (χ4v) is 3.14. The highest BCUT2D eigenvalue weighted by Gasteiger charge is 2.13. The first kappa shape index (κ1) is 14.9. The Balaban J connectivity index is 2.15. The highest BCUT2D eigenvalue weighted by molar-refractivity contribution is 7.98. The smallest absolute Gasteiger partial charge is 0.335 e. The number of carbonyl (C=O) groups is 1. The Morgan fingerprint density at radius 2 is 2.30 bits per heavy atom. The summed E-state index contributed by atoms with van der Waals surface area (Å²) in [5.74, 6) is -0.362. The van der Waals surface area contributed by atoms with E-state index in [0.29, 0.717) is 15.8 Å². The molecular formula is C13H14ClN3O2S. The van der Waals surface area contributed by atoms with Crippen molar-refractivity contribution in [1.29, 1.82) is 0 Å². The molecule has 1 N–H and O–H groups in total. The number of pyridine rings is 1. The zero-order chi connectivity index (χ0) is 14.7. The molecule has 2 aromatic heterocycles. The average Bonchev–Trinajstić information content (AvgIpc) is 2.71. The SMILES string of the molecule is CCc1nn(C)c(CSc2cc(C(=O)O)ccn2)c1Cl. The molecule has 0 radical (unpaired) electrons. The van der Waals surface area contributed by atoms with Crippen LogP contribution in [0.1, 0.15) is 28.7 Å². The van der Waals surface area contributed by atoms with Crippen LogP contribution in [0.4, 0.5) is 0 Å². The molecule has 0 fully saturated rings. The summed E-state index contributed by atoms with van der Waals surface area (Å²) in [5.41, 5.74) is 2.01. The molecule has 0 saturated carbocycles. The van der Waals surface area contributed by atoms with Crippen LogP contribution in [0.3, 0.4) is 0 Å². The normalized spacial score (nSPS) is 10.8. The number of carboxylic acid groups (broad SMARTS) is 1. The van der Waals surface area contributed by atoms with Crippen molar-refractivity contribution < 1.29 is 9.90 Å². The van der Waals surface area contributed by atoms with Crippen LogP contribution in [0.2, 0.25) is 5.02 Å². The first-order valence-electron chi connectivity index (χ1n) is 6.05. The predicted octanol–water partition coefficient (Wildman–Crippen LogP) is 3.02. The first-order valence-corrected chi connectivity index (χ1v) is 7.41. The van der Waals surface area contributed by atoms with Gasteiger partial charge in [-0.3, -0.25) is 4.68 Å². The Bertz CT molecular complexity index is 643. The van der Waals surface area contributed by atoms with Gasteiger partial charge in [0.1, 0.15) is 0 Å². The Morgan fingerprint density at radius 3 is 2.90 bits per heavy atom. The van der Waals surface area contributed by atoms with Gasteiger partial charge in [-0.25, -0.2) is 9.78 Å². The van der Waals surface area contributed by atoms with E-state index in [9.17, 15) is 4.79 Å². The van der Waals surface area contributed by atoms with E-state index in [2.05, 4.69) is 10.1 Å². The van der Waals surface area contributed by atoms with Gasteiger partial charge in [0.15, 0.2) is 0 Å². The van der Waals surface area contributed by atoms with Gasteiger partial charge in [-0.1, -0.05) is 30.3 Å². The van der Waals surface area contributed by atoms with E-state index in [1.807, 2.05) is 14.0 Å². The number of aryl methyl sites for hydroxylation is 2. The number of rotatable bonds is 5. The van der Waals surface area contributed by atoms with Crippen molar-refractivity contribution in [1.82, 2.24) is 14.8 Å². The molecule has 0 aliphatic rings. The molecule has 2 aromatic rings. The van der Waals surface area contributed by atoms with Crippen molar-refractivity contribution >= 4 is 29.3 Å². The van der Waals surface area contributed by atoms with E-state index in [0.717, 1.165) is 17.8 Å². The van der Waals surface area contributed by atoms with Crippen molar-refractivity contribution in [2.45, 2.75) is 24.1 Å². The standard InChI is InChI=1S/C13H14ClN3O2S/c1-3-9-12(14)10(17(2)16-9)7-20-11-6-8(13(18)19)4-5-15-11/h4-6H,3,7H2,1-2H3,(H,18,19). The lowest BCUT2D eigenvalue weighted by atomic mass is 10.3. The number of aromatic carboxylic acids is 1. The van der Waals surface area contributed by atoms with Crippen LogP contribution in [-0.4, -0.2) is 25.8 Å². The van der Waals surface area contributed by atoms with E-state index >= 15 is 0 Å². The topological polar surface area (TPSA) is 68.0 Å². The maximum atomic E-state index is 10.9. The minimum atomic E-state index is -0.957. The molecular weight excluding hydrogens is 298 g/mol. The highest BCUT2D eigenvalue weighted by atomic mass is 35.5. The lowest BCUT2D eigenvalue weighted by Gasteiger charge is -2.03. The molecule has 106 valence electrons. The van der Waals surface area contributed by atoms with Crippen molar-refractivity contribution in [3.63, 3.8) is 0 Å². The second-order valence-corrected chi connectivity index (χ2v) is 5.53. The second kappa shape index (κ2) is 6.28. The number of thioether (sulfide) groups is 1. The highest BCUT2D eigenvalue weighted by Crippen LogP contribution is 2.28. The van der Waals surface area contributed by atoms with Crippen molar-refractivity contribution in [2.75, 3.05) is 0 Å². The molecule has 2 rings (SSSR count). The number of nitrogens with zero attached hydrogens (tertiary/aromatic N) is 3. The van der Waals surface area contributed by atoms with Crippen LogP contribution >= 0.6 is 23.4 Å². The summed E-state index contributed by atoms with van der Waals surface area (Å²) >= 11 is 7.70. The number of aromatic nitrogens is 3. The number of hydrogen-bond donors (Lipinski definition) is 1. The third-order valence-corrected chi connectivity index (χ3v) is 4.21. The van der Waals surface area contributed by atoms with Crippen molar-refractivity contribution in [3.05, 3.63) is 40.3 Å². The zero-order valence-electron chi connectivity index (χ0n) is 11.1. The van der Waals surface area contributed by atoms with Crippen LogP contribution in [0.5, 0.6) is 0 Å². The molecule has 0 bridgehead atoms. The fraction of sp³-hybridized carbons (Fsp3) is 0.308. The second-order valence-electron chi connectivity index (χ2n) is 4.16. The molecule has 0 unspecified atom stereocenters. The largest absolute Gasteiger partial charge is 0.478 e. The maximum absolute atomic E-state index is 10.9. The molecule has 0 atom stereocenters. The Kier molecular flexibility index (Phi) is 4.67. The van der Waals surface area contributed by atoms with Gasteiger partial charge in [-0.15, -0.1) is 0 Å². The summed E-state index contributed by atoms with van der Waals surface area (Å²) < 4.78 is 1.76. The molecule has 0 saturated heterocycles. The molecule has 7 heteroatoms. The van der Waals surface area contributed by atoms with E-state index in [4.69, 9.17) is 16.7 Å². The third-order valence-electron chi connectivity index (χ3n) is 2.84. The van der Waals surface area contributed by atoms with Crippen molar-refractivity contribution in [2.24, 2.45) is 7.05 Å². The van der Waals surface area contributed by atoms with Gasteiger partial charge in [0.2, 0.25) is 0 Å². The molecule has 0 aliphatic heterocycles. The predicted molar refractivity (Wildman–Crippen MR) is 78.4 cm³/mol. The van der Waals surface area contributed by atoms with Crippen LogP contribution in [-0.2, 0) is 19.2 Å². The van der Waals surface area contributed by atoms with Crippen LogP contribution in [0.25, 0.3) is 0 Å². The van der Waals surface area contributed by atoms with E-state index in [-0.39, 0.29) is 5.56 Å². The fourth-order valence-electron chi connectivity index (χ4n) is 1.74. The van der Waals surface area contributed by atoms with E-state index in [1.54, 1.807) is 10.7 Å². The summed E-state index contributed by atoms with van der Waals surface area (Å²) in [5, 5.41) is 14.6. The lowest BCUT2D eigenvalue weighted by Crippen LogP contribution is -1.99. The molecule has 5 nitrogen and oxygen atoms in total. The maximum Gasteiger partial charge on any atom is 0.335 e. The quantitative estimate of drug-likeness (QED) is 0.860. The van der Waals surface area contributed by atoms with Crippen LogP contribution < -0.4 is 0 Å². The summed E-state index contributed by atoms with van der Waals surface area (Å²) in [4.78, 5) is 15.1. The molecule has 0 amide bonds. The minimum absolute atomic E-state index is 0.229. The minimum Gasteiger partial charge on any atom is -0.478 e. The summed E-state index contributed by atoms with van der Waals surface area (Å²) in [6.07, 6.45) is 2.28. The van der Waals surface area contributed by atoms with Gasteiger partial charge in [-0.2, -0.15) is 5.10 Å². The van der Waals surface area contributed by atoms with Gasteiger partial charge in [0.05, 0.1) is 27.0 Å². The van der Waals surface area contributed by atoms with Crippen LogP contribution in [0.15, 0.2) is 23.4 Å². The average molecular weight is 312 g/mol. The van der Waals surface area contributed by atoms with E-state index < -0.39 is 5.97 Å². The summed E-state index contributed by atoms with van der Waals surface area (Å²) in [6.45, 7) is 2.00. The first-order chi connectivity index (χ1) is 9.52. The van der Waals surface area contributed by atoms with Gasteiger partial charge in [0.25, 0.3) is 0 Å². The zero-order valence-corrected chi connectivity index (χ0v) is 12.7. The Morgan fingerprint density at radius 1 is 1.55 bits per heavy atom. The molecule has 0 spiro atoms. The monoisotopic (exact) mass is 311 g/mol. The van der Waals surface area contributed by atoms with Crippen LogP contribution in [0, 0.1) is 0 Å². The lowest BCUT2D eigenvalue weighted by molar-refractivity contribution is 0.0696. The van der Waals surface area contributed by atoms with Crippen molar-refractivity contribution in [3.8, 4) is 0 Å². The molecule has 0 aliphatic carbocycles. The van der Waals surface area contributed by atoms with Gasteiger partial charge in [-0.05, 0) is 18.6 Å².